The topological polar surface area (TPSA) is 98.9 Å². The van der Waals surface area contributed by atoms with Gasteiger partial charge < -0.3 is 24.2 Å². The fraction of sp³-hybridized carbons (Fsp3) is 0.286. The van der Waals surface area contributed by atoms with Crippen molar-refractivity contribution in [1.29, 1.82) is 0 Å². The maximum absolute atomic E-state index is 14.3. The number of methoxy groups -OCH3 is 3. The number of carbonyl (C=O) groups is 1. The van der Waals surface area contributed by atoms with Crippen LogP contribution < -0.4 is 19.1 Å². The number of aromatic nitrogens is 3. The second-order valence-electron chi connectivity index (χ2n) is 6.92. The third-order valence-corrected chi connectivity index (χ3v) is 4.97. The van der Waals surface area contributed by atoms with Crippen LogP contribution in [0.25, 0.3) is 5.69 Å². The van der Waals surface area contributed by atoms with Crippen LogP contribution in [0, 0.1) is 5.82 Å². The van der Waals surface area contributed by atoms with Crippen molar-refractivity contribution in [1.82, 2.24) is 15.0 Å². The molecular weight excluding hydrogens is 407 g/mol. The summed E-state index contributed by atoms with van der Waals surface area (Å²) in [5.41, 5.74) is 0.357. The zero-order valence-corrected chi connectivity index (χ0v) is 17.2. The number of β-amino-alcohol motifs (C(OH)–C–C–N with tert-alkyl or cyclic N) is 1. The Morgan fingerprint density at radius 2 is 1.71 bits per heavy atom. The van der Waals surface area contributed by atoms with E-state index in [-0.39, 0.29) is 22.8 Å². The molecule has 162 valence electrons. The van der Waals surface area contributed by atoms with Gasteiger partial charge in [0, 0.05) is 18.7 Å². The van der Waals surface area contributed by atoms with Crippen molar-refractivity contribution in [3.63, 3.8) is 0 Å². The molecule has 1 aliphatic rings. The van der Waals surface area contributed by atoms with Crippen LogP contribution in [0.5, 0.6) is 17.2 Å². The maximum atomic E-state index is 14.3. The summed E-state index contributed by atoms with van der Waals surface area (Å²) in [6.07, 6.45) is -0.525. The lowest BCUT2D eigenvalue weighted by molar-refractivity contribution is 0.103. The number of hydrogen-bond donors (Lipinski definition) is 1. The van der Waals surface area contributed by atoms with Crippen LogP contribution in [0.4, 0.5) is 10.2 Å². The van der Waals surface area contributed by atoms with Gasteiger partial charge in [-0.2, -0.15) is 0 Å². The molecule has 0 bridgehead atoms. The Hall–Kier alpha value is -3.66. The van der Waals surface area contributed by atoms with E-state index in [1.807, 2.05) is 0 Å². The molecule has 3 aromatic rings. The molecule has 1 aliphatic heterocycles. The van der Waals surface area contributed by atoms with Crippen LogP contribution in [0.3, 0.4) is 0 Å². The average molecular weight is 428 g/mol. The number of nitrogens with zero attached hydrogens (tertiary/aromatic N) is 4. The number of hydrogen-bond acceptors (Lipinski definition) is 8. The van der Waals surface area contributed by atoms with Crippen LogP contribution in [0.15, 0.2) is 36.4 Å². The van der Waals surface area contributed by atoms with Crippen LogP contribution in [-0.4, -0.2) is 66.4 Å². The number of ether oxygens (including phenoxy) is 3. The highest BCUT2D eigenvalue weighted by Crippen LogP contribution is 2.39. The smallest absolute Gasteiger partial charge is 0.217 e. The Kier molecular flexibility index (Phi) is 5.47. The van der Waals surface area contributed by atoms with E-state index in [4.69, 9.17) is 14.2 Å². The third-order valence-electron chi connectivity index (χ3n) is 4.97. The number of ketones is 1. The van der Waals surface area contributed by atoms with Gasteiger partial charge in [-0.3, -0.25) is 4.79 Å². The molecular formula is C21H21FN4O5. The van der Waals surface area contributed by atoms with E-state index in [1.54, 1.807) is 17.0 Å². The number of rotatable bonds is 7. The largest absolute Gasteiger partial charge is 0.493 e. The van der Waals surface area contributed by atoms with Crippen molar-refractivity contribution in [3.8, 4) is 22.9 Å². The van der Waals surface area contributed by atoms with Crippen molar-refractivity contribution in [2.75, 3.05) is 39.3 Å². The van der Waals surface area contributed by atoms with E-state index in [9.17, 15) is 14.3 Å². The second-order valence-corrected chi connectivity index (χ2v) is 6.92. The van der Waals surface area contributed by atoms with Gasteiger partial charge in [0.1, 0.15) is 5.69 Å². The van der Waals surface area contributed by atoms with Crippen molar-refractivity contribution in [2.24, 2.45) is 0 Å². The Balaban J connectivity index is 1.81. The Bertz CT molecular complexity index is 1100. The molecule has 1 fully saturated rings. The lowest BCUT2D eigenvalue weighted by Crippen LogP contribution is -2.51. The van der Waals surface area contributed by atoms with Gasteiger partial charge in [-0.1, -0.05) is 12.1 Å². The van der Waals surface area contributed by atoms with E-state index in [1.165, 1.54) is 45.6 Å². The Morgan fingerprint density at radius 1 is 1.06 bits per heavy atom. The molecule has 4 rings (SSSR count). The third kappa shape index (κ3) is 3.66. The number of para-hydroxylation sites is 1. The van der Waals surface area contributed by atoms with Crippen molar-refractivity contribution >= 4 is 11.6 Å². The molecule has 0 amide bonds. The molecule has 2 heterocycles. The summed E-state index contributed by atoms with van der Waals surface area (Å²) < 4.78 is 30.3. The summed E-state index contributed by atoms with van der Waals surface area (Å²) in [5.74, 6) is 0.243. The number of halogens is 1. The quantitative estimate of drug-likeness (QED) is 0.570. The summed E-state index contributed by atoms with van der Waals surface area (Å²) in [4.78, 5) is 16.2. The van der Waals surface area contributed by atoms with Crippen molar-refractivity contribution < 1.29 is 28.5 Å². The molecule has 0 saturated carbocycles. The first-order valence-electron chi connectivity index (χ1n) is 9.46. The van der Waals surface area contributed by atoms with E-state index in [0.717, 1.165) is 4.80 Å². The molecule has 2 aromatic carbocycles. The van der Waals surface area contributed by atoms with Gasteiger partial charge in [0.25, 0.3) is 0 Å². The predicted molar refractivity (Wildman–Crippen MR) is 109 cm³/mol. The molecule has 0 spiro atoms. The fourth-order valence-electron chi connectivity index (χ4n) is 3.36. The molecule has 0 aliphatic carbocycles. The van der Waals surface area contributed by atoms with Gasteiger partial charge in [0.15, 0.2) is 28.8 Å². The van der Waals surface area contributed by atoms with E-state index in [2.05, 4.69) is 10.2 Å². The predicted octanol–water partition coefficient (Wildman–Crippen LogP) is 1.84. The second kappa shape index (κ2) is 8.23. The summed E-state index contributed by atoms with van der Waals surface area (Å²) in [6, 6.07) is 9.03. The molecule has 1 N–H and O–H groups in total. The van der Waals surface area contributed by atoms with Gasteiger partial charge in [-0.25, -0.2) is 4.39 Å². The van der Waals surface area contributed by atoms with Crippen LogP contribution in [0.2, 0.25) is 0 Å². The highest BCUT2D eigenvalue weighted by atomic mass is 19.1. The molecule has 0 radical (unpaired) electrons. The van der Waals surface area contributed by atoms with Crippen molar-refractivity contribution in [2.45, 2.75) is 6.10 Å². The summed E-state index contributed by atoms with van der Waals surface area (Å²) in [6.45, 7) is 0.594. The summed E-state index contributed by atoms with van der Waals surface area (Å²) in [7, 11) is 4.37. The maximum Gasteiger partial charge on any atom is 0.217 e. The lowest BCUT2D eigenvalue weighted by Gasteiger charge is -2.36. The number of aliphatic hydroxyl groups excluding tert-OH is 1. The molecule has 31 heavy (non-hydrogen) atoms. The molecule has 0 atom stereocenters. The van der Waals surface area contributed by atoms with Crippen LogP contribution in [-0.2, 0) is 0 Å². The van der Waals surface area contributed by atoms with Gasteiger partial charge in [0.2, 0.25) is 11.5 Å². The summed E-state index contributed by atoms with van der Waals surface area (Å²) >= 11 is 0. The average Bonchev–Trinajstić information content (AvgIpc) is 3.20. The first-order valence-corrected chi connectivity index (χ1v) is 9.46. The van der Waals surface area contributed by atoms with E-state index >= 15 is 0 Å². The number of carbonyl (C=O) groups excluding carboxylic acids is 1. The van der Waals surface area contributed by atoms with E-state index in [0.29, 0.717) is 30.3 Å². The van der Waals surface area contributed by atoms with Crippen molar-refractivity contribution in [3.05, 3.63) is 53.5 Å². The highest BCUT2D eigenvalue weighted by molar-refractivity contribution is 6.11. The molecule has 0 unspecified atom stereocenters. The number of aliphatic hydroxyl groups is 1. The van der Waals surface area contributed by atoms with Gasteiger partial charge >= 0.3 is 0 Å². The molecule has 1 aromatic heterocycles. The van der Waals surface area contributed by atoms with Crippen LogP contribution in [0.1, 0.15) is 16.1 Å². The first-order chi connectivity index (χ1) is 15.0. The highest BCUT2D eigenvalue weighted by Gasteiger charge is 2.33. The SMILES string of the molecule is COc1cc(C(=O)c2nn(-c3ccccc3F)nc2N2CC(O)C2)cc(OC)c1OC. The van der Waals surface area contributed by atoms with Gasteiger partial charge in [0.05, 0.1) is 27.4 Å². The minimum atomic E-state index is -0.528. The standard InChI is InChI=1S/C21H21FN4O5/c1-29-16-8-12(9-17(30-2)20(16)31-3)19(28)18-21(25-10-13(27)11-25)24-26(23-18)15-7-5-4-6-14(15)22/h4-9,13,27H,10-11H2,1-3H3. The Morgan fingerprint density at radius 3 is 2.26 bits per heavy atom. The zero-order valence-electron chi connectivity index (χ0n) is 17.2. The summed E-state index contributed by atoms with van der Waals surface area (Å²) in [5, 5.41) is 18.3. The number of benzene rings is 2. The monoisotopic (exact) mass is 428 g/mol. The number of anilines is 1. The van der Waals surface area contributed by atoms with E-state index < -0.39 is 17.7 Å². The fourth-order valence-corrected chi connectivity index (χ4v) is 3.36. The van der Waals surface area contributed by atoms with Gasteiger partial charge in [-0.05, 0) is 24.3 Å². The minimum absolute atomic E-state index is 0.0180. The first kappa shape index (κ1) is 20.6. The van der Waals surface area contributed by atoms with Crippen LogP contribution >= 0.6 is 0 Å². The Labute approximate surface area is 177 Å². The lowest BCUT2D eigenvalue weighted by atomic mass is 10.1. The normalized spacial score (nSPS) is 13.6. The molecule has 10 heteroatoms. The molecule has 9 nitrogen and oxygen atoms in total. The minimum Gasteiger partial charge on any atom is -0.493 e. The van der Waals surface area contributed by atoms with Gasteiger partial charge in [-0.15, -0.1) is 15.0 Å². The zero-order chi connectivity index (χ0) is 22.1. The molecule has 1 saturated heterocycles.